The lowest BCUT2D eigenvalue weighted by molar-refractivity contribution is -0.163. The van der Waals surface area contributed by atoms with Crippen LogP contribution in [0, 0.1) is 5.41 Å². The summed E-state index contributed by atoms with van der Waals surface area (Å²) < 4.78 is 11.1. The smallest absolute Gasteiger partial charge is 0.311 e. The largest absolute Gasteiger partial charge is 0.469 e. The van der Waals surface area contributed by atoms with Crippen LogP contribution in [0.2, 0.25) is 18.1 Å². The molecule has 0 bridgehead atoms. The molecule has 0 aromatic heterocycles. The van der Waals surface area contributed by atoms with Crippen LogP contribution in [0.4, 0.5) is 0 Å². The number of rotatable bonds is 3. The molecule has 1 rings (SSSR count). The first-order chi connectivity index (χ1) is 7.52. The molecule has 1 aliphatic rings. The molecule has 4 heteroatoms. The zero-order chi connectivity index (χ0) is 13.5. The van der Waals surface area contributed by atoms with Gasteiger partial charge in [0.05, 0.1) is 12.5 Å². The minimum atomic E-state index is -1.70. The third kappa shape index (κ3) is 2.91. The molecule has 0 saturated heterocycles. The molecule has 0 aromatic rings. The van der Waals surface area contributed by atoms with E-state index in [1.165, 1.54) is 7.11 Å². The van der Waals surface area contributed by atoms with Crippen molar-refractivity contribution in [1.82, 2.24) is 0 Å². The van der Waals surface area contributed by atoms with E-state index in [0.717, 1.165) is 12.8 Å². The summed E-state index contributed by atoms with van der Waals surface area (Å²) in [6.07, 6.45) is 1.83. The molecule has 1 saturated carbocycles. The molecule has 0 spiro atoms. The van der Waals surface area contributed by atoms with Crippen LogP contribution < -0.4 is 0 Å². The first kappa shape index (κ1) is 14.7. The number of carbonyl (C=O) groups is 1. The normalized spacial score (nSPS) is 29.7. The summed E-state index contributed by atoms with van der Waals surface area (Å²) in [5, 5.41) is 0.226. The van der Waals surface area contributed by atoms with Gasteiger partial charge in [-0.15, -0.1) is 0 Å². The van der Waals surface area contributed by atoms with E-state index >= 15 is 0 Å². The molecule has 0 atom stereocenters. The van der Waals surface area contributed by atoms with Gasteiger partial charge in [0.25, 0.3) is 0 Å². The molecule has 0 radical (unpaired) electrons. The lowest BCUT2D eigenvalue weighted by Crippen LogP contribution is -2.52. The quantitative estimate of drug-likeness (QED) is 0.575. The van der Waals surface area contributed by atoms with E-state index in [2.05, 4.69) is 33.9 Å². The van der Waals surface area contributed by atoms with Crippen molar-refractivity contribution >= 4 is 14.3 Å². The van der Waals surface area contributed by atoms with Gasteiger partial charge in [-0.05, 0) is 37.9 Å². The first-order valence-electron chi connectivity index (χ1n) is 6.28. The van der Waals surface area contributed by atoms with E-state index in [9.17, 15) is 4.79 Å². The maximum atomic E-state index is 11.6. The third-order valence-corrected chi connectivity index (χ3v) is 8.84. The van der Waals surface area contributed by atoms with Crippen molar-refractivity contribution in [2.45, 2.75) is 64.8 Å². The van der Waals surface area contributed by atoms with Gasteiger partial charge in [-0.3, -0.25) is 4.79 Å². The SMILES string of the molecule is COC(=O)C1(C)CC(O[Si](C)(C)C(C)(C)C)C1. The second-order valence-corrected chi connectivity index (χ2v) is 11.7. The summed E-state index contributed by atoms with van der Waals surface area (Å²) in [6, 6.07) is 0. The number of carbonyl (C=O) groups excluding carboxylic acids is 1. The van der Waals surface area contributed by atoms with Gasteiger partial charge in [-0.2, -0.15) is 0 Å². The Morgan fingerprint density at radius 3 is 2.12 bits per heavy atom. The second-order valence-electron chi connectivity index (χ2n) is 6.96. The third-order valence-electron chi connectivity index (χ3n) is 4.30. The van der Waals surface area contributed by atoms with Crippen molar-refractivity contribution in [2.75, 3.05) is 7.11 Å². The molecule has 0 amide bonds. The lowest BCUT2D eigenvalue weighted by Gasteiger charge is -2.48. The van der Waals surface area contributed by atoms with Crippen molar-refractivity contribution < 1.29 is 14.0 Å². The molecule has 0 N–H and O–H groups in total. The van der Waals surface area contributed by atoms with E-state index in [-0.39, 0.29) is 22.5 Å². The van der Waals surface area contributed by atoms with Crippen molar-refractivity contribution in [2.24, 2.45) is 5.41 Å². The predicted molar refractivity (Wildman–Crippen MR) is 71.4 cm³/mol. The molecule has 3 nitrogen and oxygen atoms in total. The Morgan fingerprint density at radius 1 is 1.29 bits per heavy atom. The second kappa shape index (κ2) is 4.39. The Bertz CT molecular complexity index is 298. The van der Waals surface area contributed by atoms with Crippen LogP contribution in [0.15, 0.2) is 0 Å². The van der Waals surface area contributed by atoms with Gasteiger partial charge in [0.2, 0.25) is 0 Å². The van der Waals surface area contributed by atoms with Crippen LogP contribution in [0.5, 0.6) is 0 Å². The van der Waals surface area contributed by atoms with E-state index in [4.69, 9.17) is 9.16 Å². The molecule has 0 heterocycles. The Kier molecular flexibility index (Phi) is 3.80. The highest BCUT2D eigenvalue weighted by Gasteiger charge is 2.51. The summed E-state index contributed by atoms with van der Waals surface area (Å²) in [6.45, 7) is 13.2. The van der Waals surface area contributed by atoms with Gasteiger partial charge in [0.15, 0.2) is 8.32 Å². The summed E-state index contributed by atoms with van der Waals surface area (Å²) >= 11 is 0. The number of esters is 1. The van der Waals surface area contributed by atoms with Gasteiger partial charge >= 0.3 is 5.97 Å². The highest BCUT2D eigenvalue weighted by molar-refractivity contribution is 6.74. The number of ether oxygens (including phenoxy) is 1. The molecule has 0 unspecified atom stereocenters. The average Bonchev–Trinajstić information content (AvgIpc) is 2.11. The average molecular weight is 258 g/mol. The summed E-state index contributed by atoms with van der Waals surface area (Å²) in [7, 11) is -0.243. The minimum absolute atomic E-state index is 0.104. The topological polar surface area (TPSA) is 35.5 Å². The number of hydrogen-bond donors (Lipinski definition) is 0. The Hall–Kier alpha value is -0.353. The molecule has 0 aromatic carbocycles. The lowest BCUT2D eigenvalue weighted by atomic mass is 9.68. The molecule has 17 heavy (non-hydrogen) atoms. The fourth-order valence-electron chi connectivity index (χ4n) is 2.04. The fourth-order valence-corrected chi connectivity index (χ4v) is 3.39. The highest BCUT2D eigenvalue weighted by Crippen LogP contribution is 2.47. The van der Waals surface area contributed by atoms with Crippen LogP contribution in [0.3, 0.4) is 0 Å². The van der Waals surface area contributed by atoms with Crippen LogP contribution in [-0.4, -0.2) is 27.5 Å². The molecule has 100 valence electrons. The zero-order valence-corrected chi connectivity index (χ0v) is 13.2. The number of hydrogen-bond acceptors (Lipinski definition) is 3. The van der Waals surface area contributed by atoms with E-state index in [1.54, 1.807) is 0 Å². The van der Waals surface area contributed by atoms with Crippen molar-refractivity contribution in [3.8, 4) is 0 Å². The predicted octanol–water partition coefficient (Wildman–Crippen LogP) is 3.35. The first-order valence-corrected chi connectivity index (χ1v) is 9.19. The summed E-state index contributed by atoms with van der Waals surface area (Å²) in [5.41, 5.74) is -0.318. The van der Waals surface area contributed by atoms with Crippen molar-refractivity contribution in [1.29, 1.82) is 0 Å². The molecule has 0 aliphatic heterocycles. The minimum Gasteiger partial charge on any atom is -0.469 e. The van der Waals surface area contributed by atoms with Crippen LogP contribution in [0.1, 0.15) is 40.5 Å². The molecular weight excluding hydrogens is 232 g/mol. The zero-order valence-electron chi connectivity index (χ0n) is 12.2. The van der Waals surface area contributed by atoms with Crippen molar-refractivity contribution in [3.63, 3.8) is 0 Å². The van der Waals surface area contributed by atoms with Crippen LogP contribution in [0.25, 0.3) is 0 Å². The molecular formula is C13H26O3Si. The maximum absolute atomic E-state index is 11.6. The van der Waals surface area contributed by atoms with Gasteiger partial charge in [0, 0.05) is 6.10 Å². The van der Waals surface area contributed by atoms with Gasteiger partial charge in [-0.25, -0.2) is 0 Å². The van der Waals surface area contributed by atoms with Gasteiger partial charge < -0.3 is 9.16 Å². The monoisotopic (exact) mass is 258 g/mol. The van der Waals surface area contributed by atoms with Crippen LogP contribution in [-0.2, 0) is 14.0 Å². The van der Waals surface area contributed by atoms with Gasteiger partial charge in [-0.1, -0.05) is 20.8 Å². The Labute approximate surface area is 106 Å². The van der Waals surface area contributed by atoms with E-state index < -0.39 is 8.32 Å². The van der Waals surface area contributed by atoms with Crippen molar-refractivity contribution in [3.05, 3.63) is 0 Å². The fraction of sp³-hybridized carbons (Fsp3) is 0.923. The highest BCUT2D eigenvalue weighted by atomic mass is 28.4. The Morgan fingerprint density at radius 2 is 1.76 bits per heavy atom. The molecule has 1 fully saturated rings. The Balaban J connectivity index is 2.53. The standard InChI is InChI=1S/C13H26O3Si/c1-12(2,3)17(6,7)16-10-8-13(4,9-10)11(14)15-5/h10H,8-9H2,1-7H3. The maximum Gasteiger partial charge on any atom is 0.311 e. The summed E-state index contributed by atoms with van der Waals surface area (Å²) in [5.74, 6) is -0.104. The number of methoxy groups -OCH3 is 1. The van der Waals surface area contributed by atoms with E-state index in [1.807, 2.05) is 6.92 Å². The van der Waals surface area contributed by atoms with Crippen LogP contribution >= 0.6 is 0 Å². The van der Waals surface area contributed by atoms with Gasteiger partial charge in [0.1, 0.15) is 0 Å². The van der Waals surface area contributed by atoms with E-state index in [0.29, 0.717) is 0 Å². The molecule has 1 aliphatic carbocycles. The summed E-state index contributed by atoms with van der Waals surface area (Å²) in [4.78, 5) is 11.6.